The van der Waals surface area contributed by atoms with Crippen molar-refractivity contribution in [3.8, 4) is 5.75 Å². The minimum Gasteiger partial charge on any atom is -0.490 e. The van der Waals surface area contributed by atoms with Crippen molar-refractivity contribution in [3.63, 3.8) is 0 Å². The van der Waals surface area contributed by atoms with Gasteiger partial charge in [0.15, 0.2) is 0 Å². The maximum absolute atomic E-state index is 9.16. The molecule has 1 aromatic carbocycles. The summed E-state index contributed by atoms with van der Waals surface area (Å²) in [6.07, 6.45) is 6.41. The van der Waals surface area contributed by atoms with Gasteiger partial charge in [0, 0.05) is 0 Å². The van der Waals surface area contributed by atoms with Gasteiger partial charge in [-0.1, -0.05) is 25.5 Å². The number of aryl methyl sites for hydroxylation is 1. The molecule has 1 aliphatic rings. The Hall–Kier alpha value is -0.995. The van der Waals surface area contributed by atoms with Crippen molar-refractivity contribution in [3.05, 3.63) is 23.8 Å². The Morgan fingerprint density at radius 1 is 1.26 bits per heavy atom. The van der Waals surface area contributed by atoms with E-state index in [9.17, 15) is 0 Å². The number of benzene rings is 1. The van der Waals surface area contributed by atoms with Crippen molar-refractivity contribution < 1.29 is 14.8 Å². The van der Waals surface area contributed by atoms with E-state index in [4.69, 9.17) is 14.8 Å². The standard InChI is InChI=1S/C15H23BO3/c1-3-12-6-4-5-7-15(12)19-14-9-8-13(16(17)18)10-11(14)2/h8-10,12,15,17-18H,3-7H2,1-2H3. The summed E-state index contributed by atoms with van der Waals surface area (Å²) in [4.78, 5) is 0. The molecule has 1 saturated carbocycles. The lowest BCUT2D eigenvalue weighted by molar-refractivity contribution is 0.0897. The zero-order valence-corrected chi connectivity index (χ0v) is 11.8. The van der Waals surface area contributed by atoms with Gasteiger partial charge in [0.25, 0.3) is 0 Å². The van der Waals surface area contributed by atoms with Crippen molar-refractivity contribution in [1.82, 2.24) is 0 Å². The predicted octanol–water partition coefficient (Wildman–Crippen LogP) is 2.02. The summed E-state index contributed by atoms with van der Waals surface area (Å²) in [6.45, 7) is 4.18. The van der Waals surface area contributed by atoms with Crippen LogP contribution < -0.4 is 10.2 Å². The van der Waals surface area contributed by atoms with E-state index in [1.165, 1.54) is 19.3 Å². The number of rotatable bonds is 4. The molecule has 0 bridgehead atoms. The summed E-state index contributed by atoms with van der Waals surface area (Å²) in [5, 5.41) is 18.3. The quantitative estimate of drug-likeness (QED) is 0.816. The van der Waals surface area contributed by atoms with E-state index in [-0.39, 0.29) is 0 Å². The molecule has 1 aliphatic carbocycles. The highest BCUT2D eigenvalue weighted by atomic mass is 16.5. The number of ether oxygens (including phenoxy) is 1. The SMILES string of the molecule is CCC1CCCCC1Oc1ccc(B(O)O)cc1C. The fraction of sp³-hybridized carbons (Fsp3) is 0.600. The Balaban J connectivity index is 2.09. The smallest absolute Gasteiger partial charge is 0.488 e. The molecule has 2 atom stereocenters. The van der Waals surface area contributed by atoms with Crippen LogP contribution in [-0.2, 0) is 0 Å². The normalized spacial score (nSPS) is 23.2. The van der Waals surface area contributed by atoms with E-state index in [2.05, 4.69) is 6.92 Å². The molecule has 1 fully saturated rings. The Labute approximate surface area is 115 Å². The summed E-state index contributed by atoms with van der Waals surface area (Å²) < 4.78 is 6.16. The minimum atomic E-state index is -1.41. The molecule has 2 N–H and O–H groups in total. The van der Waals surface area contributed by atoms with Crippen LogP contribution in [0.15, 0.2) is 18.2 Å². The summed E-state index contributed by atoms with van der Waals surface area (Å²) in [6, 6.07) is 5.35. The van der Waals surface area contributed by atoms with Crippen LogP contribution in [0.4, 0.5) is 0 Å². The van der Waals surface area contributed by atoms with Crippen LogP contribution in [0.2, 0.25) is 0 Å². The van der Waals surface area contributed by atoms with Gasteiger partial charge in [0.1, 0.15) is 11.9 Å². The first-order chi connectivity index (χ1) is 9.11. The second kappa shape index (κ2) is 6.44. The van der Waals surface area contributed by atoms with Crippen LogP contribution >= 0.6 is 0 Å². The van der Waals surface area contributed by atoms with E-state index in [0.29, 0.717) is 17.5 Å². The third-order valence-electron chi connectivity index (χ3n) is 4.14. The van der Waals surface area contributed by atoms with Crippen LogP contribution in [0, 0.1) is 12.8 Å². The summed E-state index contributed by atoms with van der Waals surface area (Å²) >= 11 is 0. The van der Waals surface area contributed by atoms with E-state index >= 15 is 0 Å². The third-order valence-corrected chi connectivity index (χ3v) is 4.14. The molecule has 0 aromatic heterocycles. The molecule has 3 nitrogen and oxygen atoms in total. The molecule has 19 heavy (non-hydrogen) atoms. The molecular weight excluding hydrogens is 239 g/mol. The van der Waals surface area contributed by atoms with Crippen LogP contribution in [0.25, 0.3) is 0 Å². The lowest BCUT2D eigenvalue weighted by atomic mass is 9.79. The monoisotopic (exact) mass is 262 g/mol. The zero-order valence-electron chi connectivity index (χ0n) is 11.8. The van der Waals surface area contributed by atoms with Gasteiger partial charge in [-0.3, -0.25) is 0 Å². The molecule has 0 saturated heterocycles. The first kappa shape index (κ1) is 14.4. The van der Waals surface area contributed by atoms with Gasteiger partial charge in [-0.05, 0) is 55.6 Å². The van der Waals surface area contributed by atoms with Gasteiger partial charge in [0.05, 0.1) is 0 Å². The van der Waals surface area contributed by atoms with E-state index in [0.717, 1.165) is 24.2 Å². The largest absolute Gasteiger partial charge is 0.490 e. The van der Waals surface area contributed by atoms with Gasteiger partial charge in [-0.15, -0.1) is 0 Å². The van der Waals surface area contributed by atoms with Crippen molar-refractivity contribution >= 4 is 12.6 Å². The third kappa shape index (κ3) is 3.51. The predicted molar refractivity (Wildman–Crippen MR) is 77.7 cm³/mol. The zero-order chi connectivity index (χ0) is 13.8. The van der Waals surface area contributed by atoms with Crippen molar-refractivity contribution in [1.29, 1.82) is 0 Å². The molecule has 0 heterocycles. The fourth-order valence-electron chi connectivity index (χ4n) is 2.92. The lowest BCUT2D eigenvalue weighted by Crippen LogP contribution is -2.32. The van der Waals surface area contributed by atoms with Crippen molar-refractivity contribution in [2.45, 2.75) is 52.1 Å². The highest BCUT2D eigenvalue weighted by Crippen LogP contribution is 2.31. The van der Waals surface area contributed by atoms with E-state index < -0.39 is 7.12 Å². The minimum absolute atomic E-state index is 0.308. The van der Waals surface area contributed by atoms with Crippen LogP contribution in [0.1, 0.15) is 44.6 Å². The fourth-order valence-corrected chi connectivity index (χ4v) is 2.92. The Kier molecular flexibility index (Phi) is 4.89. The van der Waals surface area contributed by atoms with Gasteiger partial charge in [-0.25, -0.2) is 0 Å². The molecular formula is C15H23BO3. The number of hydrogen-bond donors (Lipinski definition) is 2. The molecule has 2 unspecified atom stereocenters. The first-order valence-corrected chi connectivity index (χ1v) is 7.25. The summed E-state index contributed by atoms with van der Waals surface area (Å²) in [5.41, 5.74) is 1.48. The molecule has 1 aromatic rings. The van der Waals surface area contributed by atoms with E-state index in [1.807, 2.05) is 13.0 Å². The van der Waals surface area contributed by atoms with Crippen molar-refractivity contribution in [2.24, 2.45) is 5.92 Å². The van der Waals surface area contributed by atoms with Crippen LogP contribution in [-0.4, -0.2) is 23.3 Å². The summed E-state index contributed by atoms with van der Waals surface area (Å²) in [5.74, 6) is 1.52. The van der Waals surface area contributed by atoms with Gasteiger partial charge in [0.2, 0.25) is 0 Å². The molecule has 0 radical (unpaired) electrons. The van der Waals surface area contributed by atoms with Gasteiger partial charge >= 0.3 is 7.12 Å². The number of hydrogen-bond acceptors (Lipinski definition) is 3. The molecule has 0 aliphatic heterocycles. The first-order valence-electron chi connectivity index (χ1n) is 7.25. The molecule has 0 amide bonds. The van der Waals surface area contributed by atoms with E-state index in [1.54, 1.807) is 12.1 Å². The molecule has 2 rings (SSSR count). The maximum Gasteiger partial charge on any atom is 0.488 e. The lowest BCUT2D eigenvalue weighted by Gasteiger charge is -2.31. The molecule has 4 heteroatoms. The van der Waals surface area contributed by atoms with Crippen molar-refractivity contribution in [2.75, 3.05) is 0 Å². The van der Waals surface area contributed by atoms with Gasteiger partial charge < -0.3 is 14.8 Å². The Morgan fingerprint density at radius 2 is 2.00 bits per heavy atom. The topological polar surface area (TPSA) is 49.7 Å². The van der Waals surface area contributed by atoms with Crippen LogP contribution in [0.3, 0.4) is 0 Å². The molecule has 0 spiro atoms. The average molecular weight is 262 g/mol. The highest BCUT2D eigenvalue weighted by molar-refractivity contribution is 6.58. The van der Waals surface area contributed by atoms with Gasteiger partial charge in [-0.2, -0.15) is 0 Å². The molecule has 104 valence electrons. The Morgan fingerprint density at radius 3 is 2.63 bits per heavy atom. The highest BCUT2D eigenvalue weighted by Gasteiger charge is 2.25. The Bertz CT molecular complexity index is 420. The maximum atomic E-state index is 9.16. The second-order valence-corrected chi connectivity index (χ2v) is 5.51. The van der Waals surface area contributed by atoms with Crippen LogP contribution in [0.5, 0.6) is 5.75 Å². The summed E-state index contributed by atoms with van der Waals surface area (Å²) in [7, 11) is -1.41. The second-order valence-electron chi connectivity index (χ2n) is 5.51. The average Bonchev–Trinajstić information content (AvgIpc) is 2.41.